The van der Waals surface area contributed by atoms with Gasteiger partial charge in [-0.2, -0.15) is 0 Å². The standard InChI is InChI=1S/C20H23N3O2S/c24-19(13-23-10-2-6-17(23)18-7-3-11-26-18)21-16-5-1-4-14(12-16)20(25)22-15-8-9-15/h1,3-5,7,11-12,15,17H,2,6,8-10,13H2,(H,21,24)(H,22,25)/t17-/m1/s1. The van der Waals surface area contributed by atoms with E-state index in [1.165, 1.54) is 4.88 Å². The number of carbonyl (C=O) groups is 2. The lowest BCUT2D eigenvalue weighted by Gasteiger charge is -2.22. The fourth-order valence-electron chi connectivity index (χ4n) is 3.44. The second kappa shape index (κ2) is 7.60. The van der Waals surface area contributed by atoms with E-state index in [0.29, 0.717) is 29.9 Å². The molecule has 1 atom stereocenters. The van der Waals surface area contributed by atoms with Crippen molar-refractivity contribution in [3.05, 3.63) is 52.2 Å². The van der Waals surface area contributed by atoms with E-state index in [9.17, 15) is 9.59 Å². The number of hydrogen-bond donors (Lipinski definition) is 2. The topological polar surface area (TPSA) is 61.4 Å². The summed E-state index contributed by atoms with van der Waals surface area (Å²) in [5.41, 5.74) is 1.26. The molecule has 1 aromatic heterocycles. The number of rotatable bonds is 6. The van der Waals surface area contributed by atoms with Gasteiger partial charge in [0.25, 0.3) is 5.91 Å². The van der Waals surface area contributed by atoms with Gasteiger partial charge in [-0.3, -0.25) is 14.5 Å². The number of thiophene rings is 1. The highest BCUT2D eigenvalue weighted by Gasteiger charge is 2.28. The third-order valence-corrected chi connectivity index (χ3v) is 5.88. The molecule has 1 aliphatic heterocycles. The van der Waals surface area contributed by atoms with Crippen LogP contribution in [0, 0.1) is 0 Å². The summed E-state index contributed by atoms with van der Waals surface area (Å²) in [6.45, 7) is 1.32. The number of carbonyl (C=O) groups excluding carboxylic acids is 2. The van der Waals surface area contributed by atoms with Crippen LogP contribution in [0.2, 0.25) is 0 Å². The molecule has 136 valence electrons. The van der Waals surface area contributed by atoms with E-state index >= 15 is 0 Å². The number of hydrogen-bond acceptors (Lipinski definition) is 4. The minimum absolute atomic E-state index is 0.0341. The lowest BCUT2D eigenvalue weighted by molar-refractivity contribution is -0.117. The molecule has 2 aromatic rings. The van der Waals surface area contributed by atoms with Gasteiger partial charge in [-0.15, -0.1) is 11.3 Å². The zero-order valence-electron chi connectivity index (χ0n) is 14.6. The fourth-order valence-corrected chi connectivity index (χ4v) is 4.33. The van der Waals surface area contributed by atoms with Crippen LogP contribution in [0.5, 0.6) is 0 Å². The Kier molecular flexibility index (Phi) is 5.04. The van der Waals surface area contributed by atoms with E-state index in [4.69, 9.17) is 0 Å². The highest BCUT2D eigenvalue weighted by atomic mass is 32.1. The normalized spacial score (nSPS) is 20.1. The molecule has 1 saturated heterocycles. The van der Waals surface area contributed by atoms with Crippen LogP contribution in [0.1, 0.15) is 47.0 Å². The second-order valence-corrected chi connectivity index (χ2v) is 8.00. The van der Waals surface area contributed by atoms with E-state index < -0.39 is 0 Å². The summed E-state index contributed by atoms with van der Waals surface area (Å²) in [5.74, 6) is -0.103. The highest BCUT2D eigenvalue weighted by molar-refractivity contribution is 7.10. The van der Waals surface area contributed by atoms with Gasteiger partial charge in [-0.05, 0) is 61.9 Å². The van der Waals surface area contributed by atoms with Crippen molar-refractivity contribution in [2.75, 3.05) is 18.4 Å². The molecule has 5 nitrogen and oxygen atoms in total. The van der Waals surface area contributed by atoms with Crippen molar-refractivity contribution < 1.29 is 9.59 Å². The van der Waals surface area contributed by atoms with Crippen LogP contribution in [0.25, 0.3) is 0 Å². The summed E-state index contributed by atoms with van der Waals surface area (Å²) in [4.78, 5) is 28.2. The molecule has 0 unspecified atom stereocenters. The molecule has 1 saturated carbocycles. The summed E-state index contributed by atoms with van der Waals surface area (Å²) in [6.07, 6.45) is 4.34. The van der Waals surface area contributed by atoms with Crippen molar-refractivity contribution >= 4 is 28.8 Å². The van der Waals surface area contributed by atoms with Gasteiger partial charge in [0.2, 0.25) is 5.91 Å². The summed E-state index contributed by atoms with van der Waals surface area (Å²) in [6, 6.07) is 12.0. The first-order valence-corrected chi connectivity index (χ1v) is 10.1. The summed E-state index contributed by atoms with van der Waals surface area (Å²) in [7, 11) is 0. The first kappa shape index (κ1) is 17.2. The Morgan fingerprint density at radius 2 is 2.04 bits per heavy atom. The molecule has 6 heteroatoms. The molecular formula is C20H23N3O2S. The molecule has 2 N–H and O–H groups in total. The van der Waals surface area contributed by atoms with Gasteiger partial charge in [0.1, 0.15) is 0 Å². The van der Waals surface area contributed by atoms with Gasteiger partial charge < -0.3 is 10.6 Å². The van der Waals surface area contributed by atoms with Gasteiger partial charge in [-0.1, -0.05) is 12.1 Å². The molecule has 2 amide bonds. The minimum atomic E-state index is -0.0686. The van der Waals surface area contributed by atoms with Crippen molar-refractivity contribution in [1.82, 2.24) is 10.2 Å². The maximum atomic E-state index is 12.5. The largest absolute Gasteiger partial charge is 0.349 e. The molecule has 1 aliphatic carbocycles. The number of nitrogens with one attached hydrogen (secondary N) is 2. The van der Waals surface area contributed by atoms with Crippen LogP contribution < -0.4 is 10.6 Å². The van der Waals surface area contributed by atoms with Crippen LogP contribution in [0.3, 0.4) is 0 Å². The number of benzene rings is 1. The Balaban J connectivity index is 1.36. The number of anilines is 1. The maximum absolute atomic E-state index is 12.5. The Labute approximate surface area is 157 Å². The van der Waals surface area contributed by atoms with Crippen LogP contribution in [0.15, 0.2) is 41.8 Å². The molecule has 26 heavy (non-hydrogen) atoms. The number of nitrogens with zero attached hydrogens (tertiary/aromatic N) is 1. The highest BCUT2D eigenvalue weighted by Crippen LogP contribution is 2.34. The fraction of sp³-hybridized carbons (Fsp3) is 0.400. The number of likely N-dealkylation sites (tertiary alicyclic amines) is 1. The predicted molar refractivity (Wildman–Crippen MR) is 103 cm³/mol. The Hall–Kier alpha value is -2.18. The van der Waals surface area contributed by atoms with Gasteiger partial charge in [0.05, 0.1) is 6.54 Å². The van der Waals surface area contributed by atoms with Crippen molar-refractivity contribution in [3.63, 3.8) is 0 Å². The Morgan fingerprint density at radius 3 is 2.81 bits per heavy atom. The minimum Gasteiger partial charge on any atom is -0.349 e. The summed E-state index contributed by atoms with van der Waals surface area (Å²) >= 11 is 1.75. The first-order chi connectivity index (χ1) is 12.7. The monoisotopic (exact) mass is 369 g/mol. The van der Waals surface area contributed by atoms with Crippen LogP contribution in [-0.2, 0) is 4.79 Å². The summed E-state index contributed by atoms with van der Waals surface area (Å²) in [5, 5.41) is 8.00. The van der Waals surface area contributed by atoms with Gasteiger partial charge in [-0.25, -0.2) is 0 Å². The van der Waals surface area contributed by atoms with Crippen LogP contribution >= 0.6 is 11.3 Å². The molecule has 0 spiro atoms. The van der Waals surface area contributed by atoms with Crippen LogP contribution in [-0.4, -0.2) is 35.8 Å². The van der Waals surface area contributed by atoms with E-state index in [2.05, 4.69) is 33.0 Å². The number of amides is 2. The van der Waals surface area contributed by atoms with E-state index in [1.807, 2.05) is 12.1 Å². The molecule has 2 aliphatic rings. The third-order valence-electron chi connectivity index (χ3n) is 4.90. The molecular weight excluding hydrogens is 346 g/mol. The SMILES string of the molecule is O=C(CN1CCC[C@@H]1c1cccs1)Nc1cccc(C(=O)NC2CC2)c1. The molecule has 0 radical (unpaired) electrons. The lowest BCUT2D eigenvalue weighted by atomic mass is 10.2. The van der Waals surface area contributed by atoms with Crippen molar-refractivity contribution in [2.24, 2.45) is 0 Å². The van der Waals surface area contributed by atoms with E-state index in [0.717, 1.165) is 32.2 Å². The first-order valence-electron chi connectivity index (χ1n) is 9.17. The average molecular weight is 369 g/mol. The smallest absolute Gasteiger partial charge is 0.251 e. The van der Waals surface area contributed by atoms with Crippen molar-refractivity contribution in [2.45, 2.75) is 37.8 Å². The predicted octanol–water partition coefficient (Wildman–Crippen LogP) is 3.42. The third kappa shape index (κ3) is 4.14. The molecule has 2 fully saturated rings. The van der Waals surface area contributed by atoms with Crippen molar-refractivity contribution in [3.8, 4) is 0 Å². The molecule has 4 rings (SSSR count). The zero-order valence-corrected chi connectivity index (χ0v) is 15.4. The van der Waals surface area contributed by atoms with Crippen LogP contribution in [0.4, 0.5) is 5.69 Å². The average Bonchev–Trinajstić information content (AvgIpc) is 3.09. The zero-order chi connectivity index (χ0) is 17.9. The van der Waals surface area contributed by atoms with E-state index in [-0.39, 0.29) is 11.8 Å². The Morgan fingerprint density at radius 1 is 1.15 bits per heavy atom. The summed E-state index contributed by atoms with van der Waals surface area (Å²) < 4.78 is 0. The van der Waals surface area contributed by atoms with Gasteiger partial charge in [0.15, 0.2) is 0 Å². The Bertz CT molecular complexity index is 786. The molecule has 0 bridgehead atoms. The maximum Gasteiger partial charge on any atom is 0.251 e. The lowest BCUT2D eigenvalue weighted by Crippen LogP contribution is -2.32. The van der Waals surface area contributed by atoms with Gasteiger partial charge >= 0.3 is 0 Å². The van der Waals surface area contributed by atoms with E-state index in [1.54, 1.807) is 23.5 Å². The molecule has 1 aromatic carbocycles. The van der Waals surface area contributed by atoms with Gasteiger partial charge in [0, 0.05) is 28.2 Å². The molecule has 2 heterocycles. The second-order valence-electron chi connectivity index (χ2n) is 7.02. The van der Waals surface area contributed by atoms with Crippen molar-refractivity contribution in [1.29, 1.82) is 0 Å². The quantitative estimate of drug-likeness (QED) is 0.820.